The van der Waals surface area contributed by atoms with Crippen LogP contribution in [0, 0.1) is 0 Å². The lowest BCUT2D eigenvalue weighted by molar-refractivity contribution is 0.0696. The number of ether oxygens (including phenoxy) is 2. The van der Waals surface area contributed by atoms with Crippen LogP contribution in [0.1, 0.15) is 10.4 Å². The lowest BCUT2D eigenvalue weighted by atomic mass is 10.1. The molecule has 0 amide bonds. The average molecular weight is 448 g/mol. The number of rotatable bonds is 7. The van der Waals surface area contributed by atoms with Crippen LogP contribution in [-0.4, -0.2) is 33.7 Å². The summed E-state index contributed by atoms with van der Waals surface area (Å²) in [5, 5.41) is 9.13. The number of sulfonamides is 1. The molecule has 0 radical (unpaired) electrons. The molecule has 7 nitrogen and oxygen atoms in total. The Kier molecular flexibility index (Phi) is 6.19. The summed E-state index contributed by atoms with van der Waals surface area (Å²) in [6.07, 6.45) is 0. The van der Waals surface area contributed by atoms with E-state index in [1.54, 1.807) is 18.2 Å². The molecule has 0 aliphatic carbocycles. The number of carboxylic acid groups (broad SMARTS) is 1. The Morgan fingerprint density at radius 3 is 2.27 bits per heavy atom. The summed E-state index contributed by atoms with van der Waals surface area (Å²) in [5.74, 6) is -1.19. The first-order valence-corrected chi connectivity index (χ1v) is 10.5. The molecule has 0 spiro atoms. The SMILES string of the molecule is COc1ccc(-c2ccccc2)cc1NS(=O)(=O)c1cc(C(=O)O)cc(Cl)c1OC. The molecule has 0 aliphatic rings. The summed E-state index contributed by atoms with van der Waals surface area (Å²) in [6, 6.07) is 16.6. The number of benzene rings is 3. The van der Waals surface area contributed by atoms with Gasteiger partial charge in [0.15, 0.2) is 5.75 Å². The van der Waals surface area contributed by atoms with Gasteiger partial charge in [-0.2, -0.15) is 0 Å². The van der Waals surface area contributed by atoms with Crippen LogP contribution < -0.4 is 14.2 Å². The second-order valence-electron chi connectivity index (χ2n) is 6.18. The molecule has 0 fully saturated rings. The van der Waals surface area contributed by atoms with Gasteiger partial charge in [0.1, 0.15) is 10.6 Å². The Bertz CT molecular complexity index is 1200. The summed E-state index contributed by atoms with van der Waals surface area (Å²) in [4.78, 5) is 11.0. The monoisotopic (exact) mass is 447 g/mol. The zero-order valence-corrected chi connectivity index (χ0v) is 17.6. The predicted molar refractivity (Wildman–Crippen MR) is 114 cm³/mol. The van der Waals surface area contributed by atoms with Crippen molar-refractivity contribution in [1.82, 2.24) is 0 Å². The average Bonchev–Trinajstić information content (AvgIpc) is 2.73. The van der Waals surface area contributed by atoms with Gasteiger partial charge in [0.05, 0.1) is 30.5 Å². The van der Waals surface area contributed by atoms with Gasteiger partial charge in [-0.15, -0.1) is 0 Å². The molecule has 0 aromatic heterocycles. The highest BCUT2D eigenvalue weighted by molar-refractivity contribution is 7.92. The van der Waals surface area contributed by atoms with Crippen LogP contribution in [0.3, 0.4) is 0 Å². The molecule has 0 unspecified atom stereocenters. The van der Waals surface area contributed by atoms with E-state index in [0.29, 0.717) is 0 Å². The number of hydrogen-bond acceptors (Lipinski definition) is 5. The van der Waals surface area contributed by atoms with Gasteiger partial charge in [-0.25, -0.2) is 13.2 Å². The van der Waals surface area contributed by atoms with Crippen LogP contribution in [0.2, 0.25) is 5.02 Å². The Labute approximate surface area is 178 Å². The fraction of sp³-hybridized carbons (Fsp3) is 0.0952. The molecule has 156 valence electrons. The Hall–Kier alpha value is -3.23. The van der Waals surface area contributed by atoms with Crippen LogP contribution in [-0.2, 0) is 10.0 Å². The van der Waals surface area contributed by atoms with Gasteiger partial charge in [0.25, 0.3) is 10.0 Å². The van der Waals surface area contributed by atoms with Gasteiger partial charge in [0.2, 0.25) is 0 Å². The van der Waals surface area contributed by atoms with E-state index >= 15 is 0 Å². The Morgan fingerprint density at radius 1 is 0.967 bits per heavy atom. The molecule has 0 saturated carbocycles. The van der Waals surface area contributed by atoms with Crippen molar-refractivity contribution in [3.05, 3.63) is 71.2 Å². The van der Waals surface area contributed by atoms with Crippen molar-refractivity contribution in [2.75, 3.05) is 18.9 Å². The highest BCUT2D eigenvalue weighted by atomic mass is 35.5. The van der Waals surface area contributed by atoms with E-state index in [1.165, 1.54) is 14.2 Å². The smallest absolute Gasteiger partial charge is 0.335 e. The number of carbonyl (C=O) groups is 1. The number of hydrogen-bond donors (Lipinski definition) is 2. The summed E-state index contributed by atoms with van der Waals surface area (Å²) < 4.78 is 39.1. The second kappa shape index (κ2) is 8.64. The van der Waals surface area contributed by atoms with E-state index in [0.717, 1.165) is 23.3 Å². The largest absolute Gasteiger partial charge is 0.495 e. The quantitative estimate of drug-likeness (QED) is 0.552. The molecular weight excluding hydrogens is 430 g/mol. The van der Waals surface area contributed by atoms with Crippen molar-refractivity contribution in [2.24, 2.45) is 0 Å². The summed E-state index contributed by atoms with van der Waals surface area (Å²) in [6.45, 7) is 0. The topological polar surface area (TPSA) is 102 Å². The molecule has 9 heteroatoms. The molecule has 30 heavy (non-hydrogen) atoms. The number of nitrogens with one attached hydrogen (secondary N) is 1. The predicted octanol–water partition coefficient (Wildman–Crippen LogP) is 4.52. The minimum Gasteiger partial charge on any atom is -0.495 e. The Morgan fingerprint density at radius 2 is 1.67 bits per heavy atom. The molecule has 3 aromatic carbocycles. The van der Waals surface area contributed by atoms with Crippen molar-refractivity contribution in [1.29, 1.82) is 0 Å². The van der Waals surface area contributed by atoms with Gasteiger partial charge in [-0.3, -0.25) is 4.72 Å². The molecule has 0 heterocycles. The van der Waals surface area contributed by atoms with Crippen LogP contribution in [0.5, 0.6) is 11.5 Å². The van der Waals surface area contributed by atoms with Gasteiger partial charge in [-0.05, 0) is 35.4 Å². The number of aromatic carboxylic acids is 1. The van der Waals surface area contributed by atoms with Crippen LogP contribution >= 0.6 is 11.6 Å². The van der Waals surface area contributed by atoms with E-state index in [2.05, 4.69) is 4.72 Å². The molecule has 3 rings (SSSR count). The number of halogens is 1. The van der Waals surface area contributed by atoms with E-state index < -0.39 is 20.9 Å². The fourth-order valence-corrected chi connectivity index (χ4v) is 4.52. The lowest BCUT2D eigenvalue weighted by Gasteiger charge is -2.16. The first-order chi connectivity index (χ1) is 14.3. The van der Waals surface area contributed by atoms with Crippen molar-refractivity contribution in [3.8, 4) is 22.6 Å². The third-order valence-electron chi connectivity index (χ3n) is 4.30. The molecule has 0 atom stereocenters. The van der Waals surface area contributed by atoms with Gasteiger partial charge >= 0.3 is 5.97 Å². The first-order valence-electron chi connectivity index (χ1n) is 8.64. The van der Waals surface area contributed by atoms with E-state index in [1.807, 2.05) is 30.3 Å². The maximum atomic E-state index is 13.1. The third-order valence-corrected chi connectivity index (χ3v) is 5.95. The molecule has 0 bridgehead atoms. The minimum absolute atomic E-state index is 0.136. The number of methoxy groups -OCH3 is 2. The van der Waals surface area contributed by atoms with Crippen LogP contribution in [0.15, 0.2) is 65.6 Å². The fourth-order valence-electron chi connectivity index (χ4n) is 2.89. The highest BCUT2D eigenvalue weighted by Gasteiger charge is 2.26. The molecule has 0 aliphatic heterocycles. The van der Waals surface area contributed by atoms with Crippen molar-refractivity contribution in [3.63, 3.8) is 0 Å². The van der Waals surface area contributed by atoms with E-state index in [-0.39, 0.29) is 27.8 Å². The number of carboxylic acids is 1. The van der Waals surface area contributed by atoms with Gasteiger partial charge in [-0.1, -0.05) is 48.0 Å². The Balaban J connectivity index is 2.11. The summed E-state index contributed by atoms with van der Waals surface area (Å²) >= 11 is 6.05. The zero-order chi connectivity index (χ0) is 21.9. The van der Waals surface area contributed by atoms with Crippen LogP contribution in [0.4, 0.5) is 5.69 Å². The van der Waals surface area contributed by atoms with Crippen molar-refractivity contribution >= 4 is 33.3 Å². The van der Waals surface area contributed by atoms with Gasteiger partial charge in [0, 0.05) is 0 Å². The molecule has 0 saturated heterocycles. The summed E-state index contributed by atoms with van der Waals surface area (Å²) in [5.41, 5.74) is 1.54. The lowest BCUT2D eigenvalue weighted by Crippen LogP contribution is -2.16. The normalized spacial score (nSPS) is 11.0. The van der Waals surface area contributed by atoms with Crippen molar-refractivity contribution in [2.45, 2.75) is 4.90 Å². The molecule has 2 N–H and O–H groups in total. The first kappa shape index (κ1) is 21.5. The minimum atomic E-state index is -4.27. The highest BCUT2D eigenvalue weighted by Crippen LogP contribution is 2.37. The maximum absolute atomic E-state index is 13.1. The second-order valence-corrected chi connectivity index (χ2v) is 8.24. The molecule has 3 aromatic rings. The van der Waals surface area contributed by atoms with Crippen LogP contribution in [0.25, 0.3) is 11.1 Å². The molecular formula is C21H18ClNO6S. The standard InChI is InChI=1S/C21H18ClNO6S/c1-28-18-9-8-14(13-6-4-3-5-7-13)11-17(18)23-30(26,27)19-12-15(21(24)25)10-16(22)20(19)29-2/h3-12,23H,1-2H3,(H,24,25). The summed E-state index contributed by atoms with van der Waals surface area (Å²) in [7, 11) is -1.61. The van der Waals surface area contributed by atoms with Gasteiger partial charge < -0.3 is 14.6 Å². The van der Waals surface area contributed by atoms with E-state index in [9.17, 15) is 18.3 Å². The third kappa shape index (κ3) is 4.34. The van der Waals surface area contributed by atoms with E-state index in [4.69, 9.17) is 21.1 Å². The van der Waals surface area contributed by atoms with Crippen molar-refractivity contribution < 1.29 is 27.8 Å². The number of anilines is 1. The zero-order valence-electron chi connectivity index (χ0n) is 16.0. The maximum Gasteiger partial charge on any atom is 0.335 e.